The minimum Gasteiger partial charge on any atom is -0.484 e. The first kappa shape index (κ1) is 21.4. The van der Waals surface area contributed by atoms with Crippen molar-refractivity contribution in [3.63, 3.8) is 0 Å². The molecular weight excluding hydrogens is 424 g/mol. The van der Waals surface area contributed by atoms with Gasteiger partial charge in [-0.25, -0.2) is 4.68 Å². The Morgan fingerprint density at radius 1 is 1.09 bits per heavy atom. The first-order chi connectivity index (χ1) is 16.1. The van der Waals surface area contributed by atoms with E-state index in [1.807, 2.05) is 73.6 Å². The lowest BCUT2D eigenvalue weighted by molar-refractivity contribution is -0.124. The summed E-state index contributed by atoms with van der Waals surface area (Å²) >= 11 is 0. The van der Waals surface area contributed by atoms with Crippen LogP contribution in [0.3, 0.4) is 0 Å². The molecule has 2 aliphatic rings. The Morgan fingerprint density at radius 2 is 1.85 bits per heavy atom. The summed E-state index contributed by atoms with van der Waals surface area (Å²) in [5.74, 6) is 1.08. The summed E-state index contributed by atoms with van der Waals surface area (Å²) in [6.45, 7) is 0.690. The molecule has 1 aromatic heterocycles. The topological polar surface area (TPSA) is 104 Å². The van der Waals surface area contributed by atoms with E-state index in [4.69, 9.17) is 14.2 Å². The number of carbonyl (C=O) groups excluding carboxylic acids is 1. The molecule has 2 fully saturated rings. The summed E-state index contributed by atoms with van der Waals surface area (Å²) < 4.78 is 19.3. The second kappa shape index (κ2) is 9.16. The van der Waals surface area contributed by atoms with Crippen LogP contribution in [0.15, 0.2) is 54.6 Å². The number of hydrogen-bond acceptors (Lipinski definition) is 8. The van der Waals surface area contributed by atoms with Crippen molar-refractivity contribution in [3.05, 3.63) is 54.6 Å². The number of aromatic nitrogens is 4. The molecule has 10 heteroatoms. The molecule has 4 atom stereocenters. The number of para-hydroxylation sites is 1. The lowest BCUT2D eigenvalue weighted by Crippen LogP contribution is -2.45. The fourth-order valence-corrected chi connectivity index (χ4v) is 4.24. The molecule has 0 aliphatic carbocycles. The maximum absolute atomic E-state index is 12.4. The molecule has 33 heavy (non-hydrogen) atoms. The van der Waals surface area contributed by atoms with E-state index in [0.29, 0.717) is 24.8 Å². The Hall–Kier alpha value is -3.50. The second-order valence-corrected chi connectivity index (χ2v) is 8.33. The Morgan fingerprint density at radius 3 is 2.61 bits per heavy atom. The number of nitrogens with one attached hydrogen (secondary N) is 1. The van der Waals surface area contributed by atoms with Gasteiger partial charge < -0.3 is 24.4 Å². The molecule has 4 unspecified atom stereocenters. The minimum atomic E-state index is -0.274. The first-order valence-electron chi connectivity index (χ1n) is 10.9. The molecule has 5 rings (SSSR count). The molecule has 3 aromatic rings. The summed E-state index contributed by atoms with van der Waals surface area (Å²) in [5, 5.41) is 15.3. The fraction of sp³-hybridized carbons (Fsp3) is 0.391. The zero-order chi connectivity index (χ0) is 22.8. The molecule has 0 saturated carbocycles. The van der Waals surface area contributed by atoms with E-state index in [0.717, 1.165) is 11.3 Å². The van der Waals surface area contributed by atoms with Crippen molar-refractivity contribution in [2.24, 2.45) is 0 Å². The molecular formula is C23H26N6O4. The highest BCUT2D eigenvalue weighted by Crippen LogP contribution is 2.35. The second-order valence-electron chi connectivity index (χ2n) is 8.33. The van der Waals surface area contributed by atoms with Gasteiger partial charge >= 0.3 is 0 Å². The van der Waals surface area contributed by atoms with Crippen LogP contribution in [0.1, 0.15) is 6.04 Å². The average molecular weight is 450 g/mol. The number of rotatable bonds is 7. The van der Waals surface area contributed by atoms with Gasteiger partial charge in [-0.1, -0.05) is 18.2 Å². The van der Waals surface area contributed by atoms with Gasteiger partial charge in [-0.05, 0) is 46.8 Å². The van der Waals surface area contributed by atoms with Crippen LogP contribution in [-0.4, -0.2) is 78.3 Å². The summed E-state index contributed by atoms with van der Waals surface area (Å²) in [5.41, 5.74) is 2.01. The van der Waals surface area contributed by atoms with E-state index in [1.54, 1.807) is 4.68 Å². The third-order valence-corrected chi connectivity index (χ3v) is 5.94. The number of anilines is 1. The Bertz CT molecular complexity index is 1090. The van der Waals surface area contributed by atoms with Crippen LogP contribution in [0.25, 0.3) is 11.4 Å². The molecule has 1 amide bonds. The van der Waals surface area contributed by atoms with Crippen LogP contribution >= 0.6 is 0 Å². The summed E-state index contributed by atoms with van der Waals surface area (Å²) in [6, 6.07) is 16.8. The molecule has 172 valence electrons. The van der Waals surface area contributed by atoms with E-state index in [2.05, 4.69) is 20.8 Å². The van der Waals surface area contributed by atoms with Crippen LogP contribution in [0.2, 0.25) is 0 Å². The molecule has 3 heterocycles. The number of ether oxygens (including phenoxy) is 3. The highest BCUT2D eigenvalue weighted by molar-refractivity contribution is 5.78. The number of tetrazole rings is 1. The first-order valence-corrected chi connectivity index (χ1v) is 10.9. The van der Waals surface area contributed by atoms with Crippen molar-refractivity contribution < 1.29 is 19.0 Å². The highest BCUT2D eigenvalue weighted by Gasteiger charge is 2.50. The van der Waals surface area contributed by atoms with Gasteiger partial charge in [0.25, 0.3) is 5.91 Å². The van der Waals surface area contributed by atoms with Crippen LogP contribution in [-0.2, 0) is 14.3 Å². The summed E-state index contributed by atoms with van der Waals surface area (Å²) in [4.78, 5) is 14.4. The van der Waals surface area contributed by atoms with E-state index >= 15 is 0 Å². The van der Waals surface area contributed by atoms with Crippen molar-refractivity contribution in [2.75, 3.05) is 38.8 Å². The van der Waals surface area contributed by atoms with Crippen molar-refractivity contribution >= 4 is 11.6 Å². The van der Waals surface area contributed by atoms with Gasteiger partial charge in [-0.2, -0.15) is 0 Å². The lowest BCUT2D eigenvalue weighted by atomic mass is 10.1. The molecule has 0 spiro atoms. The predicted octanol–water partition coefficient (Wildman–Crippen LogP) is 1.31. The maximum Gasteiger partial charge on any atom is 0.258 e. The summed E-state index contributed by atoms with van der Waals surface area (Å²) in [6.07, 6.45) is -0.530. The molecule has 0 radical (unpaired) electrons. The van der Waals surface area contributed by atoms with Gasteiger partial charge in [0, 0.05) is 25.3 Å². The minimum absolute atomic E-state index is 0.0680. The smallest absolute Gasteiger partial charge is 0.258 e. The summed E-state index contributed by atoms with van der Waals surface area (Å²) in [7, 11) is 3.99. The number of benzene rings is 2. The molecule has 2 aromatic carbocycles. The van der Waals surface area contributed by atoms with E-state index in [-0.39, 0.29) is 36.8 Å². The number of amides is 1. The van der Waals surface area contributed by atoms with Gasteiger partial charge in [0.05, 0.1) is 19.3 Å². The van der Waals surface area contributed by atoms with Gasteiger partial charge in [-0.15, -0.1) is 5.10 Å². The number of hydrogen-bond donors (Lipinski definition) is 1. The largest absolute Gasteiger partial charge is 0.484 e. The number of fused-ring (bicyclic) bond motifs is 1. The van der Waals surface area contributed by atoms with Gasteiger partial charge in [0.15, 0.2) is 12.4 Å². The van der Waals surface area contributed by atoms with Gasteiger partial charge in [0.2, 0.25) is 0 Å². The normalized spacial score (nSPS) is 23.8. The monoisotopic (exact) mass is 450 g/mol. The third-order valence-electron chi connectivity index (χ3n) is 5.94. The van der Waals surface area contributed by atoms with Gasteiger partial charge in [-0.3, -0.25) is 4.79 Å². The van der Waals surface area contributed by atoms with E-state index in [1.165, 1.54) is 0 Å². The molecule has 2 aliphatic heterocycles. The van der Waals surface area contributed by atoms with Crippen molar-refractivity contribution in [1.82, 2.24) is 25.5 Å². The number of nitrogens with zero attached hydrogens (tertiary/aromatic N) is 5. The molecule has 0 bridgehead atoms. The fourth-order valence-electron chi connectivity index (χ4n) is 4.24. The van der Waals surface area contributed by atoms with Crippen LogP contribution in [0.4, 0.5) is 5.69 Å². The Balaban J connectivity index is 1.23. The SMILES string of the molecule is CN(C)c1ccc(-c2nnnn2C2COC3C(NC(=O)COc4ccccc4)COC32)cc1. The predicted molar refractivity (Wildman–Crippen MR) is 120 cm³/mol. The maximum atomic E-state index is 12.4. The zero-order valence-electron chi connectivity index (χ0n) is 18.5. The zero-order valence-corrected chi connectivity index (χ0v) is 18.5. The average Bonchev–Trinajstić information content (AvgIpc) is 3.56. The third kappa shape index (κ3) is 4.39. The van der Waals surface area contributed by atoms with Crippen LogP contribution in [0, 0.1) is 0 Å². The molecule has 10 nitrogen and oxygen atoms in total. The highest BCUT2D eigenvalue weighted by atomic mass is 16.6. The lowest BCUT2D eigenvalue weighted by Gasteiger charge is -2.18. The van der Waals surface area contributed by atoms with Crippen molar-refractivity contribution in [1.29, 1.82) is 0 Å². The van der Waals surface area contributed by atoms with Crippen LogP contribution in [0.5, 0.6) is 5.75 Å². The quantitative estimate of drug-likeness (QED) is 0.575. The Labute approximate surface area is 191 Å². The van der Waals surface area contributed by atoms with E-state index < -0.39 is 0 Å². The van der Waals surface area contributed by atoms with Crippen molar-refractivity contribution in [2.45, 2.75) is 24.3 Å². The van der Waals surface area contributed by atoms with Crippen molar-refractivity contribution in [3.8, 4) is 17.1 Å². The van der Waals surface area contributed by atoms with E-state index in [9.17, 15) is 4.79 Å². The molecule has 1 N–H and O–H groups in total. The standard InChI is InChI=1S/C23H26N6O4/c1-28(2)16-10-8-15(9-11-16)23-25-26-27-29(23)19-13-33-21-18(12-32-22(19)21)24-20(30)14-31-17-6-4-3-5-7-17/h3-11,18-19,21-22H,12-14H2,1-2H3,(H,24,30). The van der Waals surface area contributed by atoms with Gasteiger partial charge in [0.1, 0.15) is 24.0 Å². The van der Waals surface area contributed by atoms with Crippen LogP contribution < -0.4 is 15.0 Å². The Kier molecular flexibility index (Phi) is 5.93. The number of carbonyl (C=O) groups is 1. The molecule has 2 saturated heterocycles.